The van der Waals surface area contributed by atoms with Crippen LogP contribution in [0.3, 0.4) is 0 Å². The molecule has 2 N–H and O–H groups in total. The van der Waals surface area contributed by atoms with Gasteiger partial charge in [-0.1, -0.05) is 176 Å². The van der Waals surface area contributed by atoms with E-state index >= 15 is 4.79 Å². The van der Waals surface area contributed by atoms with Gasteiger partial charge in [-0.15, -0.1) is 0 Å². The zero-order chi connectivity index (χ0) is 75.3. The lowest BCUT2D eigenvalue weighted by atomic mass is 9.95. The normalized spacial score (nSPS) is 22.7. The van der Waals surface area contributed by atoms with Crippen LogP contribution in [-0.2, 0) is 77.7 Å². The average Bonchev–Trinajstić information content (AvgIpc) is 1.70. The van der Waals surface area contributed by atoms with E-state index in [1.54, 1.807) is 164 Å². The third-order valence-corrected chi connectivity index (χ3v) is 17.5. The van der Waals surface area contributed by atoms with Gasteiger partial charge in [0.25, 0.3) is 0 Å². The zero-order valence-electron chi connectivity index (χ0n) is 57.8. The van der Waals surface area contributed by atoms with Crippen LogP contribution < -0.4 is 5.32 Å². The topological polar surface area (TPSA) is 315 Å². The van der Waals surface area contributed by atoms with Crippen molar-refractivity contribution in [2.75, 3.05) is 19.8 Å². The first-order valence-corrected chi connectivity index (χ1v) is 34.5. The minimum absolute atomic E-state index is 0.00260. The van der Waals surface area contributed by atoms with Crippen molar-refractivity contribution in [2.24, 2.45) is 0 Å². The fraction of sp³-hybridized carbons (Fsp3) is 0.241. The number of aliphatic hydroxyl groups excluding tert-OH is 1. The summed E-state index contributed by atoms with van der Waals surface area (Å²) in [5, 5.41) is 14.5. The van der Waals surface area contributed by atoms with Gasteiger partial charge in [0, 0.05) is 6.92 Å². The van der Waals surface area contributed by atoms with Gasteiger partial charge in [0.1, 0.15) is 43.7 Å². The lowest BCUT2D eigenvalue weighted by Gasteiger charge is -2.46. The molecule has 1 amide bonds. The second-order valence-electron chi connectivity index (χ2n) is 24.9. The molecule has 0 spiro atoms. The van der Waals surface area contributed by atoms with E-state index in [2.05, 4.69) is 5.32 Å². The number of ether oxygens (including phenoxy) is 14. The summed E-state index contributed by atoms with van der Waals surface area (Å²) in [7, 11) is 0. The van der Waals surface area contributed by atoms with E-state index in [-0.39, 0.29) is 51.1 Å². The molecule has 3 aliphatic heterocycles. The van der Waals surface area contributed by atoms with E-state index in [1.165, 1.54) is 116 Å². The van der Waals surface area contributed by atoms with Gasteiger partial charge in [-0.2, -0.15) is 0 Å². The van der Waals surface area contributed by atoms with Crippen molar-refractivity contribution < 1.29 is 115 Å². The van der Waals surface area contributed by atoms with Crippen molar-refractivity contribution in [3.63, 3.8) is 0 Å². The monoisotopic (exact) mass is 1470 g/mol. The number of hydrogen-bond acceptors (Lipinski definition) is 24. The molecule has 0 radical (unpaired) electrons. The molecular weight excluding hydrogens is 1390 g/mol. The van der Waals surface area contributed by atoms with Gasteiger partial charge in [-0.25, -0.2) is 38.4 Å². The van der Waals surface area contributed by atoms with Crippen LogP contribution in [0.15, 0.2) is 273 Å². The smallest absolute Gasteiger partial charge is 0.338 e. The van der Waals surface area contributed by atoms with E-state index in [9.17, 15) is 43.5 Å². The molecule has 3 heterocycles. The number of aliphatic hydroxyl groups is 1. The van der Waals surface area contributed by atoms with Crippen LogP contribution in [0.2, 0.25) is 0 Å². The Bertz CT molecular complexity index is 4480. The van der Waals surface area contributed by atoms with E-state index in [0.717, 1.165) is 0 Å². The van der Waals surface area contributed by atoms with Crippen molar-refractivity contribution >= 4 is 53.7 Å². The van der Waals surface area contributed by atoms with E-state index < -0.39 is 166 Å². The van der Waals surface area contributed by atoms with E-state index in [4.69, 9.17) is 66.3 Å². The number of carbonyl (C=O) groups is 9. The molecule has 25 nitrogen and oxygen atoms in total. The maximum Gasteiger partial charge on any atom is 0.338 e. The standard InChI is InChI=1S/C83H73NO24/c1-51(86)84-64-68(101-77(91)57-39-21-7-22-40-57)65(61(47-85)100-81(64)97-48-52-29-11-2-12-30-52)105-83-72(70(103-79(93)59-43-25-9-26-44-59)67(107-83)63(99-76(90)56-37-19-6-20-38-56)50-96-74(88)54-33-15-4-16-34-54)108-82-71(104-80(94)60-45-27-10-28-46-60)69(102-78(92)58-41-23-8-24-42-58)66(106-82)62(98-75(89)55-35-17-5-18-36-55)49-95-73(87)53-31-13-3-14-32-53/h2-46,61-72,81-83,85H,47-50H2,1H3,(H,84,86)/t61-,62-,63-,64-,65-,66+,67+,68-,69+,70+,71-,72-,81+,82+,83-/m1/s1. The maximum absolute atomic E-state index is 15.2. The second-order valence-corrected chi connectivity index (χ2v) is 24.9. The Balaban J connectivity index is 1.04. The molecule has 0 aromatic heterocycles. The second kappa shape index (κ2) is 36.8. The van der Waals surface area contributed by atoms with Crippen LogP contribution in [0.4, 0.5) is 0 Å². The first kappa shape index (κ1) is 75.6. The molecule has 3 saturated heterocycles. The third kappa shape index (κ3) is 19.3. The first-order chi connectivity index (χ1) is 52.7. The van der Waals surface area contributed by atoms with Gasteiger partial charge in [0.05, 0.1) is 57.7 Å². The molecule has 9 aromatic carbocycles. The number of carbonyl (C=O) groups excluding carboxylic acids is 9. The van der Waals surface area contributed by atoms with Crippen LogP contribution in [0.25, 0.3) is 0 Å². The lowest BCUT2D eigenvalue weighted by molar-refractivity contribution is -0.318. The summed E-state index contributed by atoms with van der Waals surface area (Å²) in [6.07, 6.45) is -27.0. The Morgan fingerprint density at radius 3 is 0.991 bits per heavy atom. The Morgan fingerprint density at radius 1 is 0.343 bits per heavy atom. The molecule has 0 aliphatic carbocycles. The molecule has 9 aromatic rings. The number of hydrogen-bond donors (Lipinski definition) is 2. The number of rotatable bonds is 29. The maximum atomic E-state index is 15.2. The van der Waals surface area contributed by atoms with Gasteiger partial charge in [0.2, 0.25) is 5.91 Å². The predicted molar refractivity (Wildman–Crippen MR) is 379 cm³/mol. The van der Waals surface area contributed by atoms with Gasteiger partial charge in [-0.05, 0) is 103 Å². The van der Waals surface area contributed by atoms with Crippen LogP contribution >= 0.6 is 0 Å². The first-order valence-electron chi connectivity index (χ1n) is 34.5. The number of amides is 1. The van der Waals surface area contributed by atoms with Gasteiger partial charge in [-0.3, -0.25) is 4.79 Å². The van der Waals surface area contributed by atoms with Crippen molar-refractivity contribution in [2.45, 2.75) is 106 Å². The summed E-state index contributed by atoms with van der Waals surface area (Å²) in [4.78, 5) is 131. The quantitative estimate of drug-likeness (QED) is 0.0325. The molecule has 15 atom stereocenters. The number of benzene rings is 9. The molecule has 0 unspecified atom stereocenters. The van der Waals surface area contributed by atoms with Gasteiger partial charge in [0.15, 0.2) is 61.6 Å². The van der Waals surface area contributed by atoms with Crippen molar-refractivity contribution in [1.29, 1.82) is 0 Å². The minimum atomic E-state index is -2.21. The fourth-order valence-electron chi connectivity index (χ4n) is 12.2. The largest absolute Gasteiger partial charge is 0.458 e. The van der Waals surface area contributed by atoms with Crippen LogP contribution in [-0.4, -0.2) is 171 Å². The third-order valence-electron chi connectivity index (χ3n) is 17.5. The molecule has 108 heavy (non-hydrogen) atoms. The number of nitrogens with one attached hydrogen (secondary N) is 1. The molecule has 3 fully saturated rings. The summed E-state index contributed by atoms with van der Waals surface area (Å²) in [6.45, 7) is -1.66. The van der Waals surface area contributed by atoms with Crippen molar-refractivity contribution in [1.82, 2.24) is 5.32 Å². The molecule has 25 heteroatoms. The molecular formula is C83H73NO24. The Kier molecular flexibility index (Phi) is 25.7. The van der Waals surface area contributed by atoms with Gasteiger partial charge < -0.3 is 76.7 Å². The van der Waals surface area contributed by atoms with Crippen LogP contribution in [0.1, 0.15) is 95.4 Å². The summed E-state index contributed by atoms with van der Waals surface area (Å²) in [6, 6.07) is 68.6. The molecule has 12 rings (SSSR count). The molecule has 554 valence electrons. The Labute approximate surface area is 619 Å². The Morgan fingerprint density at radius 2 is 0.639 bits per heavy atom. The SMILES string of the molecule is CC(=O)N[C@H]1[C@@H](OCc2ccccc2)O[C@H](CO)[C@@H](O[C@@H]2O[C@@H]([C@@H](COC(=O)c3ccccc3)OC(=O)c3ccccc3)[C@H](OC(=O)c3ccccc3)[C@H]2O[C@@H]2O[C@@H]([C@@H](COC(=O)c3ccccc3)OC(=O)c3ccccc3)[C@H](OC(=O)c3ccccc3)[C@H]2OC(=O)c2ccccc2)[C@@H]1OC(=O)c1ccccc1. The average molecular weight is 1470 g/mol. The predicted octanol–water partition coefficient (Wildman–Crippen LogP) is 9.71. The Hall–Kier alpha value is -12.1. The highest BCUT2D eigenvalue weighted by Crippen LogP contribution is 2.41. The molecule has 0 saturated carbocycles. The summed E-state index contributed by atoms with van der Waals surface area (Å²) >= 11 is 0. The van der Waals surface area contributed by atoms with E-state index in [0.29, 0.717) is 5.56 Å². The fourth-order valence-corrected chi connectivity index (χ4v) is 12.2. The summed E-state index contributed by atoms with van der Waals surface area (Å²) < 4.78 is 91.5. The summed E-state index contributed by atoms with van der Waals surface area (Å²) in [5.41, 5.74) is 0.595. The summed E-state index contributed by atoms with van der Waals surface area (Å²) in [5.74, 6) is -8.75. The van der Waals surface area contributed by atoms with E-state index in [1.807, 2.05) is 0 Å². The highest BCUT2D eigenvalue weighted by atomic mass is 16.8. The zero-order valence-corrected chi connectivity index (χ0v) is 57.8. The van der Waals surface area contributed by atoms with Crippen LogP contribution in [0.5, 0.6) is 0 Å². The van der Waals surface area contributed by atoms with Crippen molar-refractivity contribution in [3.8, 4) is 0 Å². The highest BCUT2D eigenvalue weighted by Gasteiger charge is 2.62. The van der Waals surface area contributed by atoms with Gasteiger partial charge >= 0.3 is 47.8 Å². The number of esters is 8. The lowest BCUT2D eigenvalue weighted by Crippen LogP contribution is -2.67. The minimum Gasteiger partial charge on any atom is -0.458 e. The molecule has 0 bridgehead atoms. The van der Waals surface area contributed by atoms with Crippen molar-refractivity contribution in [3.05, 3.63) is 323 Å². The highest BCUT2D eigenvalue weighted by molar-refractivity contribution is 5.93. The molecule has 3 aliphatic rings. The van der Waals surface area contributed by atoms with Crippen LogP contribution in [0, 0.1) is 0 Å².